The van der Waals surface area contributed by atoms with Crippen molar-refractivity contribution in [3.05, 3.63) is 0 Å². The number of likely N-dealkylation sites (N-methyl/N-ethyl adjacent to an activating group) is 1. The number of carbonyl (C=O) groups excluding carboxylic acids is 7. The van der Waals surface area contributed by atoms with Crippen molar-refractivity contribution in [1.82, 2.24) is 26.3 Å². The number of nitrogens with one attached hydrogen (secondary N) is 4. The first kappa shape index (κ1) is 71.1. The Hall–Kier alpha value is -3.63. The van der Waals surface area contributed by atoms with Gasteiger partial charge < -0.3 is 40.7 Å². The molecule has 344 valence electrons. The number of nitrogens with zero attached hydrogens (tertiary/aromatic N) is 1. The van der Waals surface area contributed by atoms with E-state index in [0.29, 0.717) is 12.8 Å². The monoisotopic (exact) mass is 828 g/mol. The van der Waals surface area contributed by atoms with Gasteiger partial charge in [-0.3, -0.25) is 24.0 Å². The lowest BCUT2D eigenvalue weighted by Gasteiger charge is -2.51. The molecule has 1 fully saturated rings. The van der Waals surface area contributed by atoms with Crippen molar-refractivity contribution in [3.63, 3.8) is 0 Å². The van der Waals surface area contributed by atoms with E-state index in [9.17, 15) is 38.8 Å². The molecule has 3 atom stereocenters. The molecule has 0 aliphatic carbocycles. The molecular formula is C41H89N5O11. The van der Waals surface area contributed by atoms with Gasteiger partial charge in [-0.05, 0) is 66.3 Å². The van der Waals surface area contributed by atoms with Crippen LogP contribution in [0.5, 0.6) is 0 Å². The highest BCUT2D eigenvalue weighted by Gasteiger charge is 2.46. The summed E-state index contributed by atoms with van der Waals surface area (Å²) in [6, 6.07) is -3.11. The molecule has 57 heavy (non-hydrogen) atoms. The molecule has 1 aliphatic heterocycles. The molecule has 0 radical (unpaired) electrons. The second-order valence-corrected chi connectivity index (χ2v) is 14.6. The summed E-state index contributed by atoms with van der Waals surface area (Å²) in [6.07, 6.45) is -0.297. The smallest absolute Gasteiger partial charge is 0.331 e. The van der Waals surface area contributed by atoms with E-state index in [0.717, 1.165) is 0 Å². The fourth-order valence-electron chi connectivity index (χ4n) is 5.67. The van der Waals surface area contributed by atoms with Gasteiger partial charge in [0, 0.05) is 30.5 Å². The lowest BCUT2D eigenvalue weighted by Crippen LogP contribution is -2.61. The quantitative estimate of drug-likeness (QED) is 0.0557. The second kappa shape index (κ2) is 32.3. The normalized spacial score (nSPS) is 15.2. The first-order valence-corrected chi connectivity index (χ1v) is 16.6. The average molecular weight is 828 g/mol. The number of esters is 3. The highest BCUT2D eigenvalue weighted by molar-refractivity contribution is 5.99. The van der Waals surface area contributed by atoms with Crippen LogP contribution in [0.25, 0.3) is 0 Å². The molecule has 0 aromatic carbocycles. The number of ketones is 1. The van der Waals surface area contributed by atoms with Gasteiger partial charge >= 0.3 is 17.9 Å². The molecule has 16 heteroatoms. The molecule has 0 spiro atoms. The Morgan fingerprint density at radius 2 is 1.04 bits per heavy atom. The zero-order chi connectivity index (χ0) is 37.7. The molecule has 3 amide bonds. The van der Waals surface area contributed by atoms with Crippen LogP contribution in [0.3, 0.4) is 0 Å². The molecule has 0 aromatic heterocycles. The van der Waals surface area contributed by atoms with Crippen molar-refractivity contribution in [2.24, 2.45) is 11.8 Å². The topological polar surface area (TPSA) is 219 Å². The number of piperidine rings is 1. The van der Waals surface area contributed by atoms with E-state index in [4.69, 9.17) is 14.2 Å². The van der Waals surface area contributed by atoms with Gasteiger partial charge in [0.05, 0.1) is 6.42 Å². The number of amides is 3. The predicted octanol–water partition coefficient (Wildman–Crippen LogP) is 6.21. The van der Waals surface area contributed by atoms with E-state index in [1.807, 2.05) is 55.4 Å². The lowest BCUT2D eigenvalue weighted by molar-refractivity contribution is -0.259. The van der Waals surface area contributed by atoms with E-state index in [2.05, 4.69) is 21.3 Å². The van der Waals surface area contributed by atoms with Gasteiger partial charge in [-0.25, -0.2) is 9.59 Å². The van der Waals surface area contributed by atoms with Gasteiger partial charge in [0.15, 0.2) is 0 Å². The van der Waals surface area contributed by atoms with Crippen LogP contribution in [0.2, 0.25) is 0 Å². The highest BCUT2D eigenvalue weighted by atomic mass is 16.7. The standard InChI is InChI=1S/C33H57N5O11.8CH4/c1-19(2)11-23(36-27(41)13-21(5)39)29(43)47-18-48-30(44)24(12-20(3)4)37-28(42)14-26(40)35-17-25(34-10)31(45)49-22-15-32(6,7)38(46)33(8,9)16-22;;;;;;;;/h19-20,22-25,34,46H,11-18H2,1-10H3,(H,35,40)(H,36,41)(H,37,42);8*1H4. The number of hydroxylamine groups is 2. The summed E-state index contributed by atoms with van der Waals surface area (Å²) in [4.78, 5) is 86.8. The number of rotatable bonds is 19. The predicted molar refractivity (Wildman–Crippen MR) is 230 cm³/mol. The Kier molecular flexibility index (Phi) is 40.3. The zero-order valence-electron chi connectivity index (χ0n) is 30.6. The fourth-order valence-corrected chi connectivity index (χ4v) is 5.67. The number of Topliss-reactive ketones (excluding diaryl/α,β-unsaturated/α-hetero) is 1. The summed E-state index contributed by atoms with van der Waals surface area (Å²) in [5.74, 6) is -4.89. The Balaban J connectivity index is -0.000000500. The van der Waals surface area contributed by atoms with Crippen LogP contribution >= 0.6 is 0 Å². The summed E-state index contributed by atoms with van der Waals surface area (Å²) in [7, 11) is 1.53. The van der Waals surface area contributed by atoms with E-state index in [1.54, 1.807) is 0 Å². The summed E-state index contributed by atoms with van der Waals surface area (Å²) < 4.78 is 15.8. The Bertz CT molecular complexity index is 1170. The van der Waals surface area contributed by atoms with Crippen LogP contribution < -0.4 is 21.3 Å². The van der Waals surface area contributed by atoms with Gasteiger partial charge in [0.1, 0.15) is 36.4 Å². The average Bonchev–Trinajstić information content (AvgIpc) is 2.94. The van der Waals surface area contributed by atoms with Crippen molar-refractivity contribution in [3.8, 4) is 0 Å². The van der Waals surface area contributed by atoms with E-state index < -0.39 is 90.6 Å². The molecule has 16 nitrogen and oxygen atoms in total. The molecule has 5 N–H and O–H groups in total. The van der Waals surface area contributed by atoms with Crippen LogP contribution in [0.4, 0.5) is 0 Å². The third-order valence-electron chi connectivity index (χ3n) is 7.81. The first-order chi connectivity index (χ1) is 22.6. The van der Waals surface area contributed by atoms with Crippen molar-refractivity contribution in [2.45, 2.75) is 196 Å². The van der Waals surface area contributed by atoms with Crippen LogP contribution in [-0.4, -0.2) is 107 Å². The summed E-state index contributed by atoms with van der Waals surface area (Å²) in [5, 5.41) is 22.0. The number of hydrogen-bond donors (Lipinski definition) is 5. The third-order valence-corrected chi connectivity index (χ3v) is 7.81. The van der Waals surface area contributed by atoms with Gasteiger partial charge in [-0.15, -0.1) is 0 Å². The lowest BCUT2D eigenvalue weighted by atomic mass is 9.80. The second-order valence-electron chi connectivity index (χ2n) is 14.6. The van der Waals surface area contributed by atoms with Gasteiger partial charge in [0.2, 0.25) is 24.5 Å². The largest absolute Gasteiger partial charge is 0.461 e. The first-order valence-electron chi connectivity index (χ1n) is 16.6. The minimum atomic E-state index is -1.15. The minimum Gasteiger partial charge on any atom is -0.461 e. The molecule has 0 bridgehead atoms. The number of ether oxygens (including phenoxy) is 3. The molecule has 1 aliphatic rings. The van der Waals surface area contributed by atoms with Crippen LogP contribution in [0.15, 0.2) is 0 Å². The SMILES string of the molecule is C.C.C.C.C.C.C.C.CNC(CNC(=O)CC(=O)NC(CC(C)C)C(=O)OCOC(=O)C(CC(C)C)NC(=O)CC(C)=O)C(=O)OC1CC(C)(C)N(O)C(C)(C)C1. The molecule has 1 saturated heterocycles. The Morgan fingerprint density at radius 3 is 1.39 bits per heavy atom. The third kappa shape index (κ3) is 26.1. The molecule has 0 saturated carbocycles. The van der Waals surface area contributed by atoms with Crippen molar-refractivity contribution < 1.29 is 53.0 Å². The van der Waals surface area contributed by atoms with E-state index in [1.165, 1.54) is 19.0 Å². The van der Waals surface area contributed by atoms with Crippen molar-refractivity contribution in [1.29, 1.82) is 0 Å². The Labute approximate surface area is 348 Å². The van der Waals surface area contributed by atoms with Crippen LogP contribution in [0.1, 0.15) is 160 Å². The molecule has 0 aromatic rings. The molecule has 3 unspecified atom stereocenters. The molecule has 1 heterocycles. The summed E-state index contributed by atoms with van der Waals surface area (Å²) in [5.41, 5.74) is -1.25. The van der Waals surface area contributed by atoms with E-state index in [-0.39, 0.29) is 96.4 Å². The molecular weight excluding hydrogens is 738 g/mol. The van der Waals surface area contributed by atoms with Crippen LogP contribution in [-0.2, 0) is 47.8 Å². The van der Waals surface area contributed by atoms with Crippen LogP contribution in [0, 0.1) is 11.8 Å². The van der Waals surface area contributed by atoms with Crippen molar-refractivity contribution >= 4 is 41.4 Å². The highest BCUT2D eigenvalue weighted by Crippen LogP contribution is 2.38. The van der Waals surface area contributed by atoms with Crippen molar-refractivity contribution in [2.75, 3.05) is 20.4 Å². The zero-order valence-corrected chi connectivity index (χ0v) is 30.6. The Morgan fingerprint density at radius 1 is 0.649 bits per heavy atom. The fraction of sp³-hybridized carbons (Fsp3) is 0.829. The summed E-state index contributed by atoms with van der Waals surface area (Å²) in [6.45, 7) is 15.0. The maximum atomic E-state index is 12.9. The van der Waals surface area contributed by atoms with E-state index >= 15 is 0 Å². The maximum absolute atomic E-state index is 12.9. The van der Waals surface area contributed by atoms with Gasteiger partial charge in [-0.1, -0.05) is 87.1 Å². The van der Waals surface area contributed by atoms with Gasteiger partial charge in [-0.2, -0.15) is 5.06 Å². The van der Waals surface area contributed by atoms with Gasteiger partial charge in [0.25, 0.3) is 0 Å². The summed E-state index contributed by atoms with van der Waals surface area (Å²) >= 11 is 0. The molecule has 1 rings (SSSR count). The number of hydrogen-bond acceptors (Lipinski definition) is 13. The number of carbonyl (C=O) groups is 7. The maximum Gasteiger partial charge on any atom is 0.331 e. The minimum absolute atomic E-state index is 0.